The van der Waals surface area contributed by atoms with Crippen molar-refractivity contribution < 1.29 is 9.13 Å². The molecule has 2 rings (SSSR count). The maximum atomic E-state index is 12.3. The molecule has 0 saturated carbocycles. The second-order valence-corrected chi connectivity index (χ2v) is 3.23. The Bertz CT molecular complexity index is 314. The van der Waals surface area contributed by atoms with E-state index in [4.69, 9.17) is 10.5 Å². The van der Waals surface area contributed by atoms with Crippen molar-refractivity contribution in [2.45, 2.75) is 12.5 Å². The predicted molar refractivity (Wildman–Crippen MR) is 48.5 cm³/mol. The summed E-state index contributed by atoms with van der Waals surface area (Å²) in [5.41, 5.74) is 7.57. The summed E-state index contributed by atoms with van der Waals surface area (Å²) < 4.78 is 17.6. The fraction of sp³-hybridized carbons (Fsp3) is 0.400. The Morgan fingerprint density at radius 3 is 3.15 bits per heavy atom. The fourth-order valence-corrected chi connectivity index (χ4v) is 1.53. The summed E-state index contributed by atoms with van der Waals surface area (Å²) in [6.45, 7) is 0.212. The number of nitrogens with two attached hydrogens (primary N) is 1. The number of halogens is 1. The van der Waals surface area contributed by atoms with Gasteiger partial charge in [0.1, 0.15) is 12.4 Å². The number of fused-ring (bicyclic) bond motifs is 1. The molecule has 1 aromatic carbocycles. The number of rotatable bonds is 2. The molecule has 2 nitrogen and oxygen atoms in total. The molecule has 0 aliphatic carbocycles. The van der Waals surface area contributed by atoms with Gasteiger partial charge in [0.15, 0.2) is 0 Å². The topological polar surface area (TPSA) is 35.2 Å². The first-order valence-electron chi connectivity index (χ1n) is 4.38. The first-order chi connectivity index (χ1) is 6.31. The lowest BCUT2D eigenvalue weighted by molar-refractivity contribution is 0.356. The molecule has 0 spiro atoms. The number of alkyl halides is 1. The van der Waals surface area contributed by atoms with Gasteiger partial charge in [-0.1, -0.05) is 12.1 Å². The highest BCUT2D eigenvalue weighted by atomic mass is 19.1. The van der Waals surface area contributed by atoms with Gasteiger partial charge in [0.25, 0.3) is 0 Å². The van der Waals surface area contributed by atoms with E-state index >= 15 is 0 Å². The van der Waals surface area contributed by atoms with Crippen LogP contribution >= 0.6 is 0 Å². The van der Waals surface area contributed by atoms with E-state index < -0.39 is 12.7 Å². The van der Waals surface area contributed by atoms with Crippen LogP contribution in [-0.4, -0.2) is 13.3 Å². The minimum Gasteiger partial charge on any atom is -0.493 e. The van der Waals surface area contributed by atoms with Crippen LogP contribution in [0.2, 0.25) is 0 Å². The van der Waals surface area contributed by atoms with E-state index in [9.17, 15) is 4.39 Å². The van der Waals surface area contributed by atoms with Gasteiger partial charge in [-0.15, -0.1) is 0 Å². The third-order valence-corrected chi connectivity index (χ3v) is 2.31. The molecule has 0 saturated heterocycles. The minimum absolute atomic E-state index is 0.495. The van der Waals surface area contributed by atoms with Crippen LogP contribution in [0.25, 0.3) is 0 Å². The summed E-state index contributed by atoms with van der Waals surface area (Å²) in [5, 5.41) is 0. The molecule has 2 N–H and O–H groups in total. The van der Waals surface area contributed by atoms with Crippen LogP contribution < -0.4 is 10.5 Å². The average molecular weight is 181 g/mol. The van der Waals surface area contributed by atoms with Gasteiger partial charge in [0.05, 0.1) is 12.6 Å². The quantitative estimate of drug-likeness (QED) is 0.752. The summed E-state index contributed by atoms with van der Waals surface area (Å²) >= 11 is 0. The standard InChI is InChI=1S/C10H12FNO/c11-6-9(12)7-1-2-10-8(5-7)3-4-13-10/h1-2,5,9H,3-4,6,12H2/t9-/m0/s1. The molecular weight excluding hydrogens is 169 g/mol. The smallest absolute Gasteiger partial charge is 0.122 e. The van der Waals surface area contributed by atoms with E-state index in [0.717, 1.165) is 29.9 Å². The number of hydrogen-bond donors (Lipinski definition) is 1. The molecule has 0 aromatic heterocycles. The molecule has 0 bridgehead atoms. The van der Waals surface area contributed by atoms with E-state index in [2.05, 4.69) is 0 Å². The summed E-state index contributed by atoms with van der Waals surface area (Å²) in [5.74, 6) is 0.912. The van der Waals surface area contributed by atoms with Gasteiger partial charge in [-0.3, -0.25) is 0 Å². The lowest BCUT2D eigenvalue weighted by atomic mass is 10.0. The monoisotopic (exact) mass is 181 g/mol. The molecule has 1 aromatic rings. The Morgan fingerprint density at radius 1 is 1.54 bits per heavy atom. The highest BCUT2D eigenvalue weighted by Gasteiger charge is 2.14. The Hall–Kier alpha value is -1.09. The molecule has 13 heavy (non-hydrogen) atoms. The van der Waals surface area contributed by atoms with E-state index in [-0.39, 0.29) is 0 Å². The number of hydrogen-bond acceptors (Lipinski definition) is 2. The van der Waals surface area contributed by atoms with Crippen LogP contribution in [0.3, 0.4) is 0 Å². The first kappa shape index (κ1) is 8.51. The lowest BCUT2D eigenvalue weighted by Gasteiger charge is -2.08. The van der Waals surface area contributed by atoms with Crippen LogP contribution in [-0.2, 0) is 6.42 Å². The van der Waals surface area contributed by atoms with Gasteiger partial charge in [-0.2, -0.15) is 0 Å². The minimum atomic E-state index is -0.514. The zero-order valence-corrected chi connectivity index (χ0v) is 7.29. The third kappa shape index (κ3) is 1.52. The highest BCUT2D eigenvalue weighted by molar-refractivity contribution is 5.40. The molecule has 70 valence electrons. The van der Waals surface area contributed by atoms with Crippen LogP contribution in [0.5, 0.6) is 5.75 Å². The summed E-state index contributed by atoms with van der Waals surface area (Å²) in [4.78, 5) is 0. The Kier molecular flexibility index (Phi) is 2.19. The van der Waals surface area contributed by atoms with Gasteiger partial charge < -0.3 is 10.5 Å². The Balaban J connectivity index is 2.30. The normalized spacial score (nSPS) is 16.5. The van der Waals surface area contributed by atoms with Crippen molar-refractivity contribution in [3.05, 3.63) is 29.3 Å². The van der Waals surface area contributed by atoms with Crippen molar-refractivity contribution >= 4 is 0 Å². The summed E-state index contributed by atoms with van der Waals surface area (Å²) in [7, 11) is 0. The molecule has 0 amide bonds. The van der Waals surface area contributed by atoms with E-state index in [1.165, 1.54) is 0 Å². The molecule has 1 aliphatic rings. The molecule has 1 heterocycles. The van der Waals surface area contributed by atoms with Crippen molar-refractivity contribution in [2.24, 2.45) is 5.73 Å². The van der Waals surface area contributed by atoms with Gasteiger partial charge >= 0.3 is 0 Å². The van der Waals surface area contributed by atoms with Crippen molar-refractivity contribution in [2.75, 3.05) is 13.3 Å². The molecule has 1 aliphatic heterocycles. The summed E-state index contributed by atoms with van der Waals surface area (Å²) in [6.07, 6.45) is 0.905. The van der Waals surface area contributed by atoms with Crippen molar-refractivity contribution in [3.63, 3.8) is 0 Å². The molecule has 0 radical (unpaired) electrons. The molecule has 1 atom stereocenters. The summed E-state index contributed by atoms with van der Waals surface area (Å²) in [6, 6.07) is 5.14. The van der Waals surface area contributed by atoms with Crippen LogP contribution in [0, 0.1) is 0 Å². The Morgan fingerprint density at radius 2 is 2.38 bits per heavy atom. The highest BCUT2D eigenvalue weighted by Crippen LogP contribution is 2.27. The van der Waals surface area contributed by atoms with Crippen LogP contribution in [0.1, 0.15) is 17.2 Å². The zero-order valence-electron chi connectivity index (χ0n) is 7.29. The van der Waals surface area contributed by atoms with Crippen molar-refractivity contribution in [1.29, 1.82) is 0 Å². The van der Waals surface area contributed by atoms with Crippen LogP contribution in [0.4, 0.5) is 4.39 Å². The molecule has 0 unspecified atom stereocenters. The van der Waals surface area contributed by atoms with Gasteiger partial charge in [-0.05, 0) is 17.2 Å². The Labute approximate surface area is 76.5 Å². The third-order valence-electron chi connectivity index (χ3n) is 2.31. The maximum Gasteiger partial charge on any atom is 0.122 e. The van der Waals surface area contributed by atoms with Gasteiger partial charge in [-0.25, -0.2) is 4.39 Å². The molecular formula is C10H12FNO. The average Bonchev–Trinajstić information content (AvgIpc) is 2.63. The number of ether oxygens (including phenoxy) is 1. The first-order valence-corrected chi connectivity index (χ1v) is 4.38. The predicted octanol–water partition coefficient (Wildman–Crippen LogP) is 1.59. The second-order valence-electron chi connectivity index (χ2n) is 3.23. The van der Waals surface area contributed by atoms with Crippen LogP contribution in [0.15, 0.2) is 18.2 Å². The zero-order chi connectivity index (χ0) is 9.26. The largest absolute Gasteiger partial charge is 0.493 e. The van der Waals surface area contributed by atoms with E-state index in [1.54, 1.807) is 0 Å². The lowest BCUT2D eigenvalue weighted by Crippen LogP contribution is -2.12. The molecule has 3 heteroatoms. The van der Waals surface area contributed by atoms with E-state index in [1.807, 2.05) is 18.2 Å². The second kappa shape index (κ2) is 3.34. The fourth-order valence-electron chi connectivity index (χ4n) is 1.53. The van der Waals surface area contributed by atoms with Gasteiger partial charge in [0.2, 0.25) is 0 Å². The van der Waals surface area contributed by atoms with E-state index in [0.29, 0.717) is 0 Å². The SMILES string of the molecule is N[C@@H](CF)c1ccc2c(c1)CCO2. The van der Waals surface area contributed by atoms with Crippen molar-refractivity contribution in [3.8, 4) is 5.75 Å². The van der Waals surface area contributed by atoms with Crippen molar-refractivity contribution in [1.82, 2.24) is 0 Å². The maximum absolute atomic E-state index is 12.3. The number of benzene rings is 1. The molecule has 0 fully saturated rings. The van der Waals surface area contributed by atoms with Gasteiger partial charge in [0, 0.05) is 6.42 Å².